The van der Waals surface area contributed by atoms with Gasteiger partial charge in [0, 0.05) is 18.2 Å². The van der Waals surface area contributed by atoms with Crippen molar-refractivity contribution in [1.82, 2.24) is 5.32 Å². The molecule has 0 amide bonds. The lowest BCUT2D eigenvalue weighted by Crippen LogP contribution is -2.29. The quantitative estimate of drug-likeness (QED) is 0.368. The van der Waals surface area contributed by atoms with E-state index in [9.17, 15) is 10.1 Å². The first-order chi connectivity index (χ1) is 11.6. The summed E-state index contributed by atoms with van der Waals surface area (Å²) in [6, 6.07) is 9.69. The van der Waals surface area contributed by atoms with E-state index in [1.807, 2.05) is 12.1 Å². The van der Waals surface area contributed by atoms with E-state index in [0.717, 1.165) is 32.2 Å². The molecule has 24 heavy (non-hydrogen) atoms. The van der Waals surface area contributed by atoms with Gasteiger partial charge in [-0.15, -0.1) is 0 Å². The van der Waals surface area contributed by atoms with Crippen LogP contribution in [0.2, 0.25) is 0 Å². The molecule has 0 spiro atoms. The van der Waals surface area contributed by atoms with Crippen LogP contribution in [0.1, 0.15) is 50.2 Å². The van der Waals surface area contributed by atoms with E-state index in [0.29, 0.717) is 12.0 Å². The lowest BCUT2D eigenvalue weighted by molar-refractivity contribution is -0.384. The zero-order valence-corrected chi connectivity index (χ0v) is 15.2. The molecule has 4 nitrogen and oxygen atoms in total. The Kier molecular flexibility index (Phi) is 7.40. The minimum absolute atomic E-state index is 0.164. The highest BCUT2D eigenvalue weighted by Gasteiger charge is 2.12. The summed E-state index contributed by atoms with van der Waals surface area (Å²) in [4.78, 5) is 10.4. The minimum atomic E-state index is -0.344. The third kappa shape index (κ3) is 5.73. The predicted octanol–water partition coefficient (Wildman–Crippen LogP) is 5.15. The number of nitrogens with zero attached hydrogens (tertiary/aromatic N) is 1. The lowest BCUT2D eigenvalue weighted by atomic mass is 9.91. The molecule has 0 fully saturated rings. The molecule has 0 aliphatic heterocycles. The topological polar surface area (TPSA) is 55.2 Å². The second-order valence-electron chi connectivity index (χ2n) is 6.29. The molecular weight excluding hydrogens is 320 g/mol. The van der Waals surface area contributed by atoms with Crippen molar-refractivity contribution < 1.29 is 4.92 Å². The Morgan fingerprint density at radius 3 is 2.58 bits per heavy atom. The molecule has 0 saturated heterocycles. The summed E-state index contributed by atoms with van der Waals surface area (Å²) in [5, 5.41) is 18.7. The number of benzene rings is 1. The van der Waals surface area contributed by atoms with E-state index in [1.54, 1.807) is 23.5 Å². The van der Waals surface area contributed by atoms with Crippen LogP contribution >= 0.6 is 11.3 Å². The Morgan fingerprint density at radius 1 is 1.25 bits per heavy atom. The van der Waals surface area contributed by atoms with Gasteiger partial charge in [-0.1, -0.05) is 19.1 Å². The highest BCUT2D eigenvalue weighted by Crippen LogP contribution is 2.26. The number of hydrogen-bond donors (Lipinski definition) is 1. The van der Waals surface area contributed by atoms with E-state index in [1.165, 1.54) is 11.1 Å². The maximum absolute atomic E-state index is 10.7. The van der Waals surface area contributed by atoms with E-state index in [4.69, 9.17) is 0 Å². The van der Waals surface area contributed by atoms with E-state index >= 15 is 0 Å². The second-order valence-corrected chi connectivity index (χ2v) is 7.07. The van der Waals surface area contributed by atoms with E-state index < -0.39 is 0 Å². The van der Waals surface area contributed by atoms with Crippen LogP contribution in [0.25, 0.3) is 0 Å². The maximum atomic E-state index is 10.7. The van der Waals surface area contributed by atoms with Crippen LogP contribution in [0.3, 0.4) is 0 Å². The summed E-state index contributed by atoms with van der Waals surface area (Å²) in [6.45, 7) is 5.42. The van der Waals surface area contributed by atoms with Crippen molar-refractivity contribution in [3.63, 3.8) is 0 Å². The first-order valence-corrected chi connectivity index (χ1v) is 9.53. The van der Waals surface area contributed by atoms with E-state index in [2.05, 4.69) is 36.0 Å². The second kappa shape index (κ2) is 9.55. The highest BCUT2D eigenvalue weighted by atomic mass is 32.1. The fourth-order valence-electron chi connectivity index (χ4n) is 3.01. The molecule has 1 N–H and O–H groups in total. The number of rotatable bonds is 10. The van der Waals surface area contributed by atoms with Gasteiger partial charge in [0.1, 0.15) is 0 Å². The number of thiophene rings is 1. The van der Waals surface area contributed by atoms with Crippen LogP contribution in [0, 0.1) is 10.1 Å². The SMILES string of the molecule is CCC(CCCNC(C)Cc1ccsc1)c1ccc([N+](=O)[O-])cc1. The predicted molar refractivity (Wildman–Crippen MR) is 101 cm³/mol. The number of nitrogens with one attached hydrogen (secondary N) is 1. The Labute approximate surface area is 148 Å². The van der Waals surface area contributed by atoms with Crippen molar-refractivity contribution in [1.29, 1.82) is 0 Å². The van der Waals surface area contributed by atoms with Crippen molar-refractivity contribution in [3.05, 3.63) is 62.3 Å². The van der Waals surface area contributed by atoms with Crippen molar-refractivity contribution >= 4 is 17.0 Å². The third-order valence-electron chi connectivity index (χ3n) is 4.41. The van der Waals surface area contributed by atoms with Crippen LogP contribution in [-0.2, 0) is 6.42 Å². The molecule has 1 aromatic carbocycles. The van der Waals surface area contributed by atoms with Gasteiger partial charge in [-0.25, -0.2) is 0 Å². The Bertz CT molecular complexity index is 611. The molecule has 2 unspecified atom stereocenters. The Morgan fingerprint density at radius 2 is 2.00 bits per heavy atom. The van der Waals surface area contributed by atoms with Crippen molar-refractivity contribution in [2.75, 3.05) is 6.54 Å². The Balaban J connectivity index is 1.73. The number of hydrogen-bond acceptors (Lipinski definition) is 4. The molecule has 1 heterocycles. The van der Waals surface area contributed by atoms with Gasteiger partial charge in [-0.2, -0.15) is 11.3 Å². The first-order valence-electron chi connectivity index (χ1n) is 8.59. The smallest absolute Gasteiger partial charge is 0.269 e. The summed E-state index contributed by atoms with van der Waals surface area (Å²) in [5.74, 6) is 0.472. The molecule has 130 valence electrons. The monoisotopic (exact) mass is 346 g/mol. The minimum Gasteiger partial charge on any atom is -0.314 e. The fourth-order valence-corrected chi connectivity index (χ4v) is 3.69. The summed E-state index contributed by atoms with van der Waals surface area (Å²) in [6.07, 6.45) is 4.35. The zero-order valence-electron chi connectivity index (χ0n) is 14.4. The van der Waals surface area contributed by atoms with Crippen LogP contribution in [-0.4, -0.2) is 17.5 Å². The molecule has 0 aliphatic rings. The molecule has 0 radical (unpaired) electrons. The summed E-state index contributed by atoms with van der Waals surface area (Å²) < 4.78 is 0. The fraction of sp³-hybridized carbons (Fsp3) is 0.474. The van der Waals surface area contributed by atoms with Gasteiger partial charge in [0.2, 0.25) is 0 Å². The van der Waals surface area contributed by atoms with Crippen LogP contribution < -0.4 is 5.32 Å². The van der Waals surface area contributed by atoms with Gasteiger partial charge in [0.25, 0.3) is 5.69 Å². The van der Waals surface area contributed by atoms with Gasteiger partial charge >= 0.3 is 0 Å². The number of non-ortho nitro benzene ring substituents is 1. The standard InChI is InChI=1S/C19H26N2O2S/c1-3-17(18-6-8-19(9-7-18)21(22)23)5-4-11-20-15(2)13-16-10-12-24-14-16/h6-10,12,14-15,17,20H,3-5,11,13H2,1-2H3. The largest absolute Gasteiger partial charge is 0.314 e. The summed E-state index contributed by atoms with van der Waals surface area (Å²) in [5.41, 5.74) is 2.77. The van der Waals surface area contributed by atoms with Crippen LogP contribution in [0.15, 0.2) is 41.1 Å². The maximum Gasteiger partial charge on any atom is 0.269 e. The molecule has 5 heteroatoms. The van der Waals surface area contributed by atoms with Crippen LogP contribution in [0.5, 0.6) is 0 Å². The lowest BCUT2D eigenvalue weighted by Gasteiger charge is -2.17. The van der Waals surface area contributed by atoms with Gasteiger partial charge in [-0.05, 0) is 73.0 Å². The highest BCUT2D eigenvalue weighted by molar-refractivity contribution is 7.07. The molecule has 2 aromatic rings. The van der Waals surface area contributed by atoms with Crippen molar-refractivity contribution in [3.8, 4) is 0 Å². The first kappa shape index (κ1) is 18.6. The van der Waals surface area contributed by atoms with Gasteiger partial charge in [0.15, 0.2) is 0 Å². The van der Waals surface area contributed by atoms with Gasteiger partial charge in [-0.3, -0.25) is 10.1 Å². The molecule has 2 rings (SSSR count). The van der Waals surface area contributed by atoms with Gasteiger partial charge < -0.3 is 5.32 Å². The zero-order chi connectivity index (χ0) is 17.4. The number of nitro groups is 1. The normalized spacial score (nSPS) is 13.6. The summed E-state index contributed by atoms with van der Waals surface area (Å²) >= 11 is 1.75. The van der Waals surface area contributed by atoms with E-state index in [-0.39, 0.29) is 10.6 Å². The van der Waals surface area contributed by atoms with Crippen LogP contribution in [0.4, 0.5) is 5.69 Å². The van der Waals surface area contributed by atoms with Crippen molar-refractivity contribution in [2.45, 2.75) is 51.5 Å². The molecule has 1 aromatic heterocycles. The van der Waals surface area contributed by atoms with Crippen molar-refractivity contribution in [2.24, 2.45) is 0 Å². The molecule has 0 aliphatic carbocycles. The summed E-state index contributed by atoms with van der Waals surface area (Å²) in [7, 11) is 0. The van der Waals surface area contributed by atoms with Gasteiger partial charge in [0.05, 0.1) is 4.92 Å². The average Bonchev–Trinajstić information content (AvgIpc) is 3.08. The molecule has 0 saturated carbocycles. The molecule has 0 bridgehead atoms. The number of nitro benzene ring substituents is 1. The average molecular weight is 346 g/mol. The molecular formula is C19H26N2O2S. The molecule has 2 atom stereocenters. The third-order valence-corrected chi connectivity index (χ3v) is 5.14. The Hall–Kier alpha value is -1.72.